The summed E-state index contributed by atoms with van der Waals surface area (Å²) >= 11 is 0. The molecular weight excluding hydrogens is 477 g/mol. The number of anilines is 1. The highest BCUT2D eigenvalue weighted by molar-refractivity contribution is 7.89. The fourth-order valence-corrected chi connectivity index (χ4v) is 4.81. The van der Waals surface area contributed by atoms with Gasteiger partial charge in [0.05, 0.1) is 11.5 Å². The number of aryl methyl sites for hydroxylation is 1. The first kappa shape index (κ1) is 25.8. The molecule has 1 saturated heterocycles. The van der Waals surface area contributed by atoms with E-state index in [1.807, 2.05) is 6.92 Å². The molecule has 1 heterocycles. The summed E-state index contributed by atoms with van der Waals surface area (Å²) < 4.78 is 75.0. The van der Waals surface area contributed by atoms with Crippen LogP contribution in [0.2, 0.25) is 0 Å². The second-order valence-corrected chi connectivity index (χ2v) is 9.74. The lowest BCUT2D eigenvalue weighted by molar-refractivity contribution is -0.204. The van der Waals surface area contributed by atoms with Gasteiger partial charge in [-0.25, -0.2) is 13.2 Å². The Hall–Kier alpha value is -2.83. The highest BCUT2D eigenvalue weighted by atomic mass is 32.2. The van der Waals surface area contributed by atoms with Crippen LogP contribution in [0.1, 0.15) is 18.4 Å². The van der Waals surface area contributed by atoms with Gasteiger partial charge in [0, 0.05) is 18.8 Å². The van der Waals surface area contributed by atoms with Crippen LogP contribution in [0, 0.1) is 6.92 Å². The van der Waals surface area contributed by atoms with E-state index < -0.39 is 41.1 Å². The molecule has 1 atom stereocenters. The molecule has 186 valence electrons. The van der Waals surface area contributed by atoms with Crippen LogP contribution in [0.4, 0.5) is 23.7 Å². The van der Waals surface area contributed by atoms with Gasteiger partial charge in [0.15, 0.2) is 0 Å². The zero-order valence-corrected chi connectivity index (χ0v) is 19.1. The monoisotopic (exact) mass is 502 g/mol. The molecule has 8 nitrogen and oxygen atoms in total. The van der Waals surface area contributed by atoms with Crippen LogP contribution in [-0.4, -0.2) is 62.0 Å². The van der Waals surface area contributed by atoms with Gasteiger partial charge in [0.2, 0.25) is 16.1 Å². The number of nitrogens with one attached hydrogen (secondary N) is 1. The minimum Gasteiger partial charge on any atom is -0.478 e. The molecule has 0 bridgehead atoms. The van der Waals surface area contributed by atoms with E-state index >= 15 is 0 Å². The Balaban J connectivity index is 1.48. The van der Waals surface area contributed by atoms with Crippen molar-refractivity contribution in [3.8, 4) is 5.75 Å². The first-order valence-corrected chi connectivity index (χ1v) is 11.9. The molecule has 34 heavy (non-hydrogen) atoms. The third-order valence-electron chi connectivity index (χ3n) is 5.24. The van der Waals surface area contributed by atoms with Gasteiger partial charge in [-0.3, -0.25) is 5.32 Å². The standard InChI is InChI=1S/C22H25F3N2O6S/c1-15-2-8-19(9-3-15)34(30,31)27-12-10-18(11-13-27)33-21(29)26-16-4-6-17(7-5-16)32-20(14-28)22(23,24)25/h2-9,18,20,28H,10-14H2,1H3,(H,26,29). The number of carbonyl (C=O) groups excluding carboxylic acids is 1. The normalized spacial score (nSPS) is 16.6. The van der Waals surface area contributed by atoms with Gasteiger partial charge in [-0.05, 0) is 56.2 Å². The Morgan fingerprint density at radius 2 is 1.71 bits per heavy atom. The highest BCUT2D eigenvalue weighted by Gasteiger charge is 2.41. The summed E-state index contributed by atoms with van der Waals surface area (Å²) in [6.07, 6.45) is -7.67. The Morgan fingerprint density at radius 3 is 2.24 bits per heavy atom. The molecule has 1 amide bonds. The van der Waals surface area contributed by atoms with Gasteiger partial charge in [0.25, 0.3) is 0 Å². The van der Waals surface area contributed by atoms with Crippen molar-refractivity contribution in [1.29, 1.82) is 0 Å². The van der Waals surface area contributed by atoms with Crippen LogP contribution in [-0.2, 0) is 14.8 Å². The summed E-state index contributed by atoms with van der Waals surface area (Å²) in [5.74, 6) is -0.127. The average molecular weight is 503 g/mol. The second kappa shape index (κ2) is 10.6. The molecule has 0 radical (unpaired) electrons. The zero-order chi connectivity index (χ0) is 24.9. The number of piperidine rings is 1. The fourth-order valence-electron chi connectivity index (χ4n) is 3.34. The van der Waals surface area contributed by atoms with Crippen molar-refractivity contribution in [3.05, 3.63) is 54.1 Å². The van der Waals surface area contributed by atoms with Gasteiger partial charge in [-0.1, -0.05) is 17.7 Å². The summed E-state index contributed by atoms with van der Waals surface area (Å²) in [7, 11) is -3.62. The van der Waals surface area contributed by atoms with Crippen LogP contribution in [0.5, 0.6) is 5.75 Å². The molecule has 0 spiro atoms. The van der Waals surface area contributed by atoms with Crippen LogP contribution in [0.25, 0.3) is 0 Å². The molecule has 0 aromatic heterocycles. The van der Waals surface area contributed by atoms with Gasteiger partial charge in [-0.15, -0.1) is 0 Å². The number of hydrogen-bond donors (Lipinski definition) is 2. The maximum absolute atomic E-state index is 12.8. The lowest BCUT2D eigenvalue weighted by Gasteiger charge is -2.30. The molecule has 12 heteroatoms. The van der Waals surface area contributed by atoms with Gasteiger partial charge < -0.3 is 14.6 Å². The van der Waals surface area contributed by atoms with E-state index in [4.69, 9.17) is 14.6 Å². The van der Waals surface area contributed by atoms with Gasteiger partial charge in [0.1, 0.15) is 11.9 Å². The number of carbonyl (C=O) groups is 1. The smallest absolute Gasteiger partial charge is 0.427 e. The number of halogens is 3. The van der Waals surface area contributed by atoms with Crippen molar-refractivity contribution >= 4 is 21.8 Å². The molecule has 1 aliphatic rings. The van der Waals surface area contributed by atoms with Crippen molar-refractivity contribution in [2.45, 2.75) is 43.0 Å². The van der Waals surface area contributed by atoms with Crippen molar-refractivity contribution in [3.63, 3.8) is 0 Å². The molecule has 2 aromatic rings. The second-order valence-electron chi connectivity index (χ2n) is 7.80. The van der Waals surface area contributed by atoms with E-state index in [-0.39, 0.29) is 29.4 Å². The minimum atomic E-state index is -4.72. The summed E-state index contributed by atoms with van der Waals surface area (Å²) in [5, 5.41) is 11.3. The van der Waals surface area contributed by atoms with Crippen molar-refractivity contribution < 1.29 is 41.0 Å². The van der Waals surface area contributed by atoms with Crippen molar-refractivity contribution in [2.75, 3.05) is 25.0 Å². The molecular formula is C22H25F3N2O6S. The molecule has 3 rings (SSSR count). The Morgan fingerprint density at radius 1 is 1.12 bits per heavy atom. The lowest BCUT2D eigenvalue weighted by Crippen LogP contribution is -2.41. The van der Waals surface area contributed by atoms with Crippen LogP contribution < -0.4 is 10.1 Å². The molecule has 1 unspecified atom stereocenters. The quantitative estimate of drug-likeness (QED) is 0.598. The Bertz CT molecular complexity index is 1070. The summed E-state index contributed by atoms with van der Waals surface area (Å²) in [5.41, 5.74) is 1.22. The average Bonchev–Trinajstić information content (AvgIpc) is 2.78. The number of ether oxygens (including phenoxy) is 2. The summed E-state index contributed by atoms with van der Waals surface area (Å²) in [6.45, 7) is 1.05. The molecule has 2 N–H and O–H groups in total. The number of amides is 1. The van der Waals surface area contributed by atoms with E-state index in [9.17, 15) is 26.4 Å². The number of hydrogen-bond acceptors (Lipinski definition) is 6. The third kappa shape index (κ3) is 6.61. The molecule has 0 saturated carbocycles. The van der Waals surface area contributed by atoms with E-state index in [0.717, 1.165) is 5.56 Å². The van der Waals surface area contributed by atoms with Crippen LogP contribution >= 0.6 is 0 Å². The highest BCUT2D eigenvalue weighted by Crippen LogP contribution is 2.26. The predicted octanol–water partition coefficient (Wildman–Crippen LogP) is 3.70. The number of rotatable bonds is 7. The Labute approximate surface area is 195 Å². The topological polar surface area (TPSA) is 105 Å². The first-order valence-electron chi connectivity index (χ1n) is 10.5. The molecule has 0 aliphatic carbocycles. The summed E-state index contributed by atoms with van der Waals surface area (Å²) in [6, 6.07) is 11.7. The van der Waals surface area contributed by atoms with E-state index in [0.29, 0.717) is 12.8 Å². The number of benzene rings is 2. The summed E-state index contributed by atoms with van der Waals surface area (Å²) in [4.78, 5) is 12.4. The number of aliphatic hydroxyl groups is 1. The lowest BCUT2D eigenvalue weighted by atomic mass is 10.1. The number of aliphatic hydroxyl groups excluding tert-OH is 1. The van der Waals surface area contributed by atoms with E-state index in [2.05, 4.69) is 5.32 Å². The number of alkyl halides is 3. The fraction of sp³-hybridized carbons (Fsp3) is 0.409. The SMILES string of the molecule is Cc1ccc(S(=O)(=O)N2CCC(OC(=O)Nc3ccc(OC(CO)C(F)(F)F)cc3)CC2)cc1. The maximum atomic E-state index is 12.8. The zero-order valence-electron chi connectivity index (χ0n) is 18.3. The van der Waals surface area contributed by atoms with Crippen molar-refractivity contribution in [1.82, 2.24) is 4.31 Å². The maximum Gasteiger partial charge on any atom is 0.427 e. The van der Waals surface area contributed by atoms with Crippen LogP contribution in [0.3, 0.4) is 0 Å². The van der Waals surface area contributed by atoms with Crippen LogP contribution in [0.15, 0.2) is 53.4 Å². The minimum absolute atomic E-state index is 0.127. The van der Waals surface area contributed by atoms with Crippen molar-refractivity contribution in [2.24, 2.45) is 0 Å². The number of nitrogens with zero attached hydrogens (tertiary/aromatic N) is 1. The molecule has 2 aromatic carbocycles. The molecule has 1 fully saturated rings. The molecule has 1 aliphatic heterocycles. The first-order chi connectivity index (χ1) is 16.0. The predicted molar refractivity (Wildman–Crippen MR) is 117 cm³/mol. The van der Waals surface area contributed by atoms with Gasteiger partial charge in [-0.2, -0.15) is 17.5 Å². The van der Waals surface area contributed by atoms with Gasteiger partial charge >= 0.3 is 12.3 Å². The third-order valence-corrected chi connectivity index (χ3v) is 7.16. The van der Waals surface area contributed by atoms with E-state index in [1.54, 1.807) is 24.3 Å². The van der Waals surface area contributed by atoms with E-state index in [1.165, 1.54) is 28.6 Å². The Kier molecular flexibility index (Phi) is 8.05. The number of sulfonamides is 1. The largest absolute Gasteiger partial charge is 0.478 e.